The molecule has 0 saturated heterocycles. The first-order chi connectivity index (χ1) is 10.6. The number of hydrogen-bond donors (Lipinski definition) is 1. The highest BCUT2D eigenvalue weighted by Gasteiger charge is 2.26. The van der Waals surface area contributed by atoms with Gasteiger partial charge >= 0.3 is 6.09 Å². The maximum Gasteiger partial charge on any atom is 0.407 e. The Kier molecular flexibility index (Phi) is 5.35. The molecule has 122 valence electrons. The quantitative estimate of drug-likeness (QED) is 0.865. The second-order valence-electron chi connectivity index (χ2n) is 5.21. The van der Waals surface area contributed by atoms with Crippen LogP contribution in [0.2, 0.25) is 0 Å². The average Bonchev–Trinajstić information content (AvgIpc) is 2.74. The molecule has 0 saturated carbocycles. The standard InChI is InChI=1S/C16H23NO5/c1-19-13-8-10-6-5-7-11(17-16(18)22-4)9-12(10)14(20-2)15(13)21-3/h8,11H,5-7,9H2,1-4H3,(H,17,18). The zero-order chi connectivity index (χ0) is 16.1. The topological polar surface area (TPSA) is 66.0 Å². The van der Waals surface area contributed by atoms with E-state index in [4.69, 9.17) is 18.9 Å². The van der Waals surface area contributed by atoms with Crippen molar-refractivity contribution in [2.24, 2.45) is 0 Å². The number of methoxy groups -OCH3 is 4. The van der Waals surface area contributed by atoms with Crippen LogP contribution in [0.3, 0.4) is 0 Å². The van der Waals surface area contributed by atoms with Gasteiger partial charge in [0.2, 0.25) is 5.75 Å². The number of alkyl carbamates (subject to hydrolysis) is 1. The third-order valence-electron chi connectivity index (χ3n) is 3.98. The summed E-state index contributed by atoms with van der Waals surface area (Å²) in [6.45, 7) is 0. The van der Waals surface area contributed by atoms with Gasteiger partial charge in [-0.2, -0.15) is 0 Å². The molecular formula is C16H23NO5. The van der Waals surface area contributed by atoms with Gasteiger partial charge in [-0.3, -0.25) is 0 Å². The minimum absolute atomic E-state index is 0.0145. The monoisotopic (exact) mass is 309 g/mol. The van der Waals surface area contributed by atoms with Crippen LogP contribution in [-0.4, -0.2) is 40.6 Å². The number of benzene rings is 1. The molecule has 0 aliphatic heterocycles. The minimum Gasteiger partial charge on any atom is -0.493 e. The molecule has 1 unspecified atom stereocenters. The predicted molar refractivity (Wildman–Crippen MR) is 82.1 cm³/mol. The lowest BCUT2D eigenvalue weighted by Gasteiger charge is -2.20. The molecule has 2 rings (SSSR count). The Bertz CT molecular complexity index is 544. The van der Waals surface area contributed by atoms with Crippen LogP contribution < -0.4 is 19.5 Å². The van der Waals surface area contributed by atoms with Crippen molar-refractivity contribution >= 4 is 6.09 Å². The SMILES string of the molecule is COC(=O)NC1CCCc2cc(OC)c(OC)c(OC)c2C1. The zero-order valence-electron chi connectivity index (χ0n) is 13.5. The van der Waals surface area contributed by atoms with E-state index in [-0.39, 0.29) is 6.04 Å². The fraction of sp³-hybridized carbons (Fsp3) is 0.562. The molecule has 1 N–H and O–H groups in total. The maximum atomic E-state index is 11.5. The van der Waals surface area contributed by atoms with E-state index in [1.54, 1.807) is 21.3 Å². The van der Waals surface area contributed by atoms with E-state index in [2.05, 4.69) is 5.32 Å². The van der Waals surface area contributed by atoms with Gasteiger partial charge in [0.05, 0.1) is 28.4 Å². The number of nitrogens with one attached hydrogen (secondary N) is 1. The number of carbonyl (C=O) groups excluding carboxylic acids is 1. The molecule has 0 aromatic heterocycles. The van der Waals surface area contributed by atoms with Crippen molar-refractivity contribution in [1.29, 1.82) is 0 Å². The summed E-state index contributed by atoms with van der Waals surface area (Å²) in [7, 11) is 6.19. The first-order valence-electron chi connectivity index (χ1n) is 7.29. The number of fused-ring (bicyclic) bond motifs is 1. The third kappa shape index (κ3) is 3.21. The molecule has 0 fully saturated rings. The van der Waals surface area contributed by atoms with Gasteiger partial charge in [0.1, 0.15) is 0 Å². The largest absolute Gasteiger partial charge is 0.493 e. The van der Waals surface area contributed by atoms with Crippen LogP contribution in [0.15, 0.2) is 6.07 Å². The van der Waals surface area contributed by atoms with E-state index in [0.29, 0.717) is 23.7 Å². The Labute approximate surface area is 130 Å². The number of ether oxygens (including phenoxy) is 4. The van der Waals surface area contributed by atoms with E-state index in [9.17, 15) is 4.79 Å². The number of amides is 1. The van der Waals surface area contributed by atoms with Crippen LogP contribution in [0.25, 0.3) is 0 Å². The summed E-state index contributed by atoms with van der Waals surface area (Å²) in [5.74, 6) is 1.93. The molecule has 0 heterocycles. The summed E-state index contributed by atoms with van der Waals surface area (Å²) < 4.78 is 21.1. The lowest BCUT2D eigenvalue weighted by Crippen LogP contribution is -2.36. The van der Waals surface area contributed by atoms with Crippen molar-refractivity contribution in [3.63, 3.8) is 0 Å². The van der Waals surface area contributed by atoms with Gasteiger partial charge in [-0.05, 0) is 37.3 Å². The van der Waals surface area contributed by atoms with E-state index < -0.39 is 6.09 Å². The third-order valence-corrected chi connectivity index (χ3v) is 3.98. The second kappa shape index (κ2) is 7.24. The van der Waals surface area contributed by atoms with Crippen molar-refractivity contribution in [3.05, 3.63) is 17.2 Å². The molecule has 6 nitrogen and oxygen atoms in total. The highest BCUT2D eigenvalue weighted by atomic mass is 16.5. The van der Waals surface area contributed by atoms with Gasteiger partial charge in [0.25, 0.3) is 0 Å². The van der Waals surface area contributed by atoms with E-state index >= 15 is 0 Å². The van der Waals surface area contributed by atoms with Crippen LogP contribution in [0.1, 0.15) is 24.0 Å². The fourth-order valence-electron chi connectivity index (χ4n) is 2.95. The Hall–Kier alpha value is -2.11. The molecule has 0 spiro atoms. The highest BCUT2D eigenvalue weighted by Crippen LogP contribution is 2.43. The van der Waals surface area contributed by atoms with E-state index in [0.717, 1.165) is 24.8 Å². The molecule has 1 amide bonds. The molecule has 1 aliphatic carbocycles. The van der Waals surface area contributed by atoms with Gasteiger partial charge in [-0.25, -0.2) is 4.79 Å². The smallest absolute Gasteiger partial charge is 0.407 e. The van der Waals surface area contributed by atoms with Crippen molar-refractivity contribution in [2.45, 2.75) is 31.7 Å². The van der Waals surface area contributed by atoms with Gasteiger partial charge < -0.3 is 24.3 Å². The molecule has 6 heteroatoms. The predicted octanol–water partition coefficient (Wildman–Crippen LogP) is 2.32. The Balaban J connectivity index is 2.40. The summed E-state index contributed by atoms with van der Waals surface area (Å²) in [5.41, 5.74) is 2.22. The molecular weight excluding hydrogens is 286 g/mol. The summed E-state index contributed by atoms with van der Waals surface area (Å²) in [4.78, 5) is 11.5. The van der Waals surface area contributed by atoms with Crippen LogP contribution in [-0.2, 0) is 17.6 Å². The van der Waals surface area contributed by atoms with Crippen molar-refractivity contribution in [2.75, 3.05) is 28.4 Å². The highest BCUT2D eigenvalue weighted by molar-refractivity contribution is 5.67. The number of hydrogen-bond acceptors (Lipinski definition) is 5. The van der Waals surface area contributed by atoms with Gasteiger partial charge in [0, 0.05) is 11.6 Å². The van der Waals surface area contributed by atoms with Gasteiger partial charge in [-0.1, -0.05) is 0 Å². The lowest BCUT2D eigenvalue weighted by atomic mass is 9.99. The Morgan fingerprint density at radius 2 is 1.86 bits per heavy atom. The molecule has 1 aromatic carbocycles. The van der Waals surface area contributed by atoms with Crippen LogP contribution in [0, 0.1) is 0 Å². The maximum absolute atomic E-state index is 11.5. The lowest BCUT2D eigenvalue weighted by molar-refractivity contribution is 0.165. The van der Waals surface area contributed by atoms with Crippen LogP contribution in [0.4, 0.5) is 4.79 Å². The molecule has 0 bridgehead atoms. The molecule has 1 aromatic rings. The number of carbonyl (C=O) groups is 1. The molecule has 1 atom stereocenters. The summed E-state index contributed by atoms with van der Waals surface area (Å²) in [5, 5.41) is 2.88. The van der Waals surface area contributed by atoms with E-state index in [1.165, 1.54) is 12.7 Å². The Morgan fingerprint density at radius 1 is 1.14 bits per heavy atom. The van der Waals surface area contributed by atoms with Crippen LogP contribution in [0.5, 0.6) is 17.2 Å². The zero-order valence-corrected chi connectivity index (χ0v) is 13.5. The number of rotatable bonds is 4. The fourth-order valence-corrected chi connectivity index (χ4v) is 2.95. The molecule has 0 radical (unpaired) electrons. The van der Waals surface area contributed by atoms with Gasteiger partial charge in [0.15, 0.2) is 11.5 Å². The first kappa shape index (κ1) is 16.3. The first-order valence-corrected chi connectivity index (χ1v) is 7.29. The normalized spacial score (nSPS) is 17.0. The minimum atomic E-state index is -0.409. The Morgan fingerprint density at radius 3 is 2.45 bits per heavy atom. The molecule has 1 aliphatic rings. The molecule has 22 heavy (non-hydrogen) atoms. The summed E-state index contributed by atoms with van der Waals surface area (Å²) in [6.07, 6.45) is 3.03. The van der Waals surface area contributed by atoms with Crippen molar-refractivity contribution < 1.29 is 23.7 Å². The van der Waals surface area contributed by atoms with Crippen molar-refractivity contribution in [1.82, 2.24) is 5.32 Å². The second-order valence-corrected chi connectivity index (χ2v) is 5.21. The van der Waals surface area contributed by atoms with Crippen molar-refractivity contribution in [3.8, 4) is 17.2 Å². The van der Waals surface area contributed by atoms with E-state index in [1.807, 2.05) is 6.07 Å². The van der Waals surface area contributed by atoms with Gasteiger partial charge in [-0.15, -0.1) is 0 Å². The van der Waals surface area contributed by atoms with Crippen LogP contribution >= 0.6 is 0 Å². The average molecular weight is 309 g/mol. The number of aryl methyl sites for hydroxylation is 1. The summed E-state index contributed by atoms with van der Waals surface area (Å²) >= 11 is 0. The summed E-state index contributed by atoms with van der Waals surface area (Å²) in [6, 6.07) is 2.01.